The molecule has 1 saturated carbocycles. The van der Waals surface area contributed by atoms with Crippen molar-refractivity contribution in [2.24, 2.45) is 0 Å². The highest BCUT2D eigenvalue weighted by Gasteiger charge is 2.51. The molecule has 0 spiro atoms. The third kappa shape index (κ3) is 3.82. The number of nitrogens with one attached hydrogen (secondary N) is 1. The second kappa shape index (κ2) is 7.14. The van der Waals surface area contributed by atoms with Crippen molar-refractivity contribution in [3.05, 3.63) is 53.2 Å². The molecule has 1 N–H and O–H groups in total. The first-order valence-corrected chi connectivity index (χ1v) is 10.2. The minimum atomic E-state index is -0.363. The maximum atomic E-state index is 13.1. The first-order valence-electron chi connectivity index (χ1n) is 10.2. The Bertz CT molecular complexity index is 933. The van der Waals surface area contributed by atoms with Gasteiger partial charge in [0.15, 0.2) is 11.5 Å². The Morgan fingerprint density at radius 3 is 2.45 bits per heavy atom. The third-order valence-corrected chi connectivity index (χ3v) is 6.10. The van der Waals surface area contributed by atoms with E-state index in [4.69, 9.17) is 5.26 Å². The zero-order valence-corrected chi connectivity index (χ0v) is 17.3. The summed E-state index contributed by atoms with van der Waals surface area (Å²) in [5.41, 5.74) is 2.46. The number of amides is 1. The van der Waals surface area contributed by atoms with Crippen LogP contribution >= 0.6 is 0 Å². The standard InChI is InChI=1S/C23H27N5O/c1-22(2,3)16-4-6-17(7-5-16)23(11-12-23)21(29)25-19-10-13-28(15-19)20-9-8-18(14-24)26-27-20/h4-9,19H,10-13,15H2,1-3H3,(H,25,29)/t19-/m1/s1. The fourth-order valence-electron chi connectivity index (χ4n) is 4.02. The number of hydrogen-bond acceptors (Lipinski definition) is 5. The van der Waals surface area contributed by atoms with Crippen LogP contribution in [0.15, 0.2) is 36.4 Å². The van der Waals surface area contributed by atoms with Gasteiger partial charge in [0.05, 0.1) is 5.41 Å². The Morgan fingerprint density at radius 1 is 1.17 bits per heavy atom. The summed E-state index contributed by atoms with van der Waals surface area (Å²) in [4.78, 5) is 15.2. The Kier molecular flexibility index (Phi) is 4.77. The second-order valence-corrected chi connectivity index (χ2v) is 9.20. The number of aromatic nitrogens is 2. The molecule has 0 bridgehead atoms. The van der Waals surface area contributed by atoms with Crippen LogP contribution in [-0.2, 0) is 15.6 Å². The highest BCUT2D eigenvalue weighted by molar-refractivity contribution is 5.91. The van der Waals surface area contributed by atoms with Gasteiger partial charge in [-0.2, -0.15) is 5.26 Å². The van der Waals surface area contributed by atoms with Crippen LogP contribution in [-0.4, -0.2) is 35.2 Å². The van der Waals surface area contributed by atoms with Crippen molar-refractivity contribution in [3.8, 4) is 6.07 Å². The molecule has 2 heterocycles. The van der Waals surface area contributed by atoms with Crippen LogP contribution in [0.4, 0.5) is 5.82 Å². The van der Waals surface area contributed by atoms with Gasteiger partial charge in [0.2, 0.25) is 5.91 Å². The lowest BCUT2D eigenvalue weighted by Gasteiger charge is -2.23. The normalized spacial score (nSPS) is 20.2. The molecule has 2 aliphatic rings. The molecule has 1 aliphatic carbocycles. The fraction of sp³-hybridized carbons (Fsp3) is 0.478. The molecule has 2 aromatic rings. The Balaban J connectivity index is 1.40. The number of carbonyl (C=O) groups excluding carboxylic acids is 1. The van der Waals surface area contributed by atoms with Crippen LogP contribution in [0, 0.1) is 11.3 Å². The monoisotopic (exact) mass is 389 g/mol. The lowest BCUT2D eigenvalue weighted by Crippen LogP contribution is -2.43. The van der Waals surface area contributed by atoms with Crippen molar-refractivity contribution in [3.63, 3.8) is 0 Å². The van der Waals surface area contributed by atoms with Crippen molar-refractivity contribution in [2.75, 3.05) is 18.0 Å². The molecule has 0 radical (unpaired) electrons. The molecule has 1 atom stereocenters. The van der Waals surface area contributed by atoms with Crippen LogP contribution in [0.1, 0.15) is 56.9 Å². The Morgan fingerprint density at radius 2 is 1.90 bits per heavy atom. The molecule has 1 aliphatic heterocycles. The minimum Gasteiger partial charge on any atom is -0.353 e. The van der Waals surface area contributed by atoms with Crippen LogP contribution in [0.25, 0.3) is 0 Å². The number of rotatable bonds is 4. The molecular weight excluding hydrogens is 362 g/mol. The van der Waals surface area contributed by atoms with Gasteiger partial charge in [0, 0.05) is 19.1 Å². The molecule has 1 aromatic carbocycles. The summed E-state index contributed by atoms with van der Waals surface area (Å²) in [5.74, 6) is 0.887. The van der Waals surface area contributed by atoms with Crippen LogP contribution in [0.5, 0.6) is 0 Å². The highest BCUT2D eigenvalue weighted by Crippen LogP contribution is 2.48. The van der Waals surface area contributed by atoms with Gasteiger partial charge < -0.3 is 10.2 Å². The van der Waals surface area contributed by atoms with Gasteiger partial charge in [-0.15, -0.1) is 10.2 Å². The summed E-state index contributed by atoms with van der Waals surface area (Å²) in [6, 6.07) is 14.1. The molecule has 4 rings (SSSR count). The number of nitrogens with zero attached hydrogens (tertiary/aromatic N) is 4. The van der Waals surface area contributed by atoms with E-state index in [1.54, 1.807) is 6.07 Å². The molecular formula is C23H27N5O. The predicted molar refractivity (Wildman–Crippen MR) is 112 cm³/mol. The summed E-state index contributed by atoms with van der Waals surface area (Å²) in [6.45, 7) is 8.13. The Hall–Kier alpha value is -2.94. The van der Waals surface area contributed by atoms with E-state index in [-0.39, 0.29) is 22.8 Å². The molecule has 29 heavy (non-hydrogen) atoms. The van der Waals surface area contributed by atoms with Gasteiger partial charge in [0.25, 0.3) is 0 Å². The molecule has 0 unspecified atom stereocenters. The number of carbonyl (C=O) groups is 1. The van der Waals surface area contributed by atoms with Crippen molar-refractivity contribution in [1.82, 2.24) is 15.5 Å². The van der Waals surface area contributed by atoms with E-state index in [0.717, 1.165) is 37.2 Å². The fourth-order valence-corrected chi connectivity index (χ4v) is 4.02. The maximum Gasteiger partial charge on any atom is 0.230 e. The molecule has 150 valence electrons. The lowest BCUT2D eigenvalue weighted by molar-refractivity contribution is -0.124. The molecule has 6 heteroatoms. The van der Waals surface area contributed by atoms with E-state index in [1.807, 2.05) is 12.1 Å². The van der Waals surface area contributed by atoms with E-state index in [0.29, 0.717) is 12.2 Å². The summed E-state index contributed by atoms with van der Waals surface area (Å²) < 4.78 is 0. The number of anilines is 1. The van der Waals surface area contributed by atoms with Gasteiger partial charge in [0.1, 0.15) is 6.07 Å². The van der Waals surface area contributed by atoms with Gasteiger partial charge in [-0.1, -0.05) is 45.0 Å². The maximum absolute atomic E-state index is 13.1. The van der Waals surface area contributed by atoms with Gasteiger partial charge >= 0.3 is 0 Å². The Labute approximate surface area is 171 Å². The van der Waals surface area contributed by atoms with Crippen molar-refractivity contribution < 1.29 is 4.79 Å². The second-order valence-electron chi connectivity index (χ2n) is 9.20. The van der Waals surface area contributed by atoms with Crippen LogP contribution < -0.4 is 10.2 Å². The third-order valence-electron chi connectivity index (χ3n) is 6.10. The lowest BCUT2D eigenvalue weighted by atomic mass is 9.85. The van der Waals surface area contributed by atoms with Gasteiger partial charge in [-0.3, -0.25) is 4.79 Å². The summed E-state index contributed by atoms with van der Waals surface area (Å²) in [5, 5.41) is 20.1. The first kappa shape index (κ1) is 19.4. The quantitative estimate of drug-likeness (QED) is 0.869. The summed E-state index contributed by atoms with van der Waals surface area (Å²) >= 11 is 0. The number of nitriles is 1. The number of benzene rings is 1. The minimum absolute atomic E-state index is 0.103. The average Bonchev–Trinajstić information content (AvgIpc) is 3.41. The molecule has 1 saturated heterocycles. The van der Waals surface area contributed by atoms with Gasteiger partial charge in [-0.25, -0.2) is 0 Å². The van der Waals surface area contributed by atoms with Crippen molar-refractivity contribution in [2.45, 2.75) is 56.9 Å². The zero-order chi connectivity index (χ0) is 20.6. The van der Waals surface area contributed by atoms with Crippen LogP contribution in [0.2, 0.25) is 0 Å². The zero-order valence-electron chi connectivity index (χ0n) is 17.3. The molecule has 1 aromatic heterocycles. The first-order chi connectivity index (χ1) is 13.8. The summed E-state index contributed by atoms with van der Waals surface area (Å²) in [6.07, 6.45) is 2.70. The van der Waals surface area contributed by atoms with Gasteiger partial charge in [-0.05, 0) is 47.9 Å². The predicted octanol–water partition coefficient (Wildman–Crippen LogP) is 3.07. The van der Waals surface area contributed by atoms with E-state index >= 15 is 0 Å². The van der Waals surface area contributed by atoms with Crippen LogP contribution in [0.3, 0.4) is 0 Å². The van der Waals surface area contributed by atoms with Crippen molar-refractivity contribution >= 4 is 11.7 Å². The molecule has 6 nitrogen and oxygen atoms in total. The van der Waals surface area contributed by atoms with E-state index < -0.39 is 0 Å². The van der Waals surface area contributed by atoms with E-state index in [2.05, 4.69) is 65.5 Å². The average molecular weight is 390 g/mol. The smallest absolute Gasteiger partial charge is 0.230 e. The van der Waals surface area contributed by atoms with E-state index in [9.17, 15) is 4.79 Å². The highest BCUT2D eigenvalue weighted by atomic mass is 16.2. The van der Waals surface area contributed by atoms with Crippen molar-refractivity contribution in [1.29, 1.82) is 5.26 Å². The molecule has 2 fully saturated rings. The summed E-state index contributed by atoms with van der Waals surface area (Å²) in [7, 11) is 0. The topological polar surface area (TPSA) is 81.9 Å². The molecule has 1 amide bonds. The largest absolute Gasteiger partial charge is 0.353 e. The van der Waals surface area contributed by atoms with E-state index in [1.165, 1.54) is 5.56 Å². The SMILES string of the molecule is CC(C)(C)c1ccc(C2(C(=O)N[C@@H]3CCN(c4ccc(C#N)nn4)C3)CC2)cc1. The number of hydrogen-bond donors (Lipinski definition) is 1.